The van der Waals surface area contributed by atoms with Gasteiger partial charge in [0.1, 0.15) is 22.8 Å². The van der Waals surface area contributed by atoms with Crippen LogP contribution in [0.3, 0.4) is 0 Å². The Morgan fingerprint density at radius 3 is 2.63 bits per heavy atom. The van der Waals surface area contributed by atoms with E-state index in [9.17, 15) is 32.4 Å². The highest BCUT2D eigenvalue weighted by Crippen LogP contribution is 2.28. The number of nitrogens with one attached hydrogen (secondary N) is 2. The molecule has 0 bridgehead atoms. The van der Waals surface area contributed by atoms with Crippen LogP contribution in [0.5, 0.6) is 5.75 Å². The number of aliphatic imine (C=N–C) groups is 2. The second kappa shape index (κ2) is 12.2. The minimum atomic E-state index is -4.95. The lowest BCUT2D eigenvalue weighted by molar-refractivity contribution is -0.274. The zero-order valence-corrected chi connectivity index (χ0v) is 23.7. The molecule has 2 aliphatic rings. The normalized spacial score (nSPS) is 17.3. The zero-order valence-electron chi connectivity index (χ0n) is 23.7. The number of allylic oxidation sites excluding steroid dienone is 2. The summed E-state index contributed by atoms with van der Waals surface area (Å²) in [4.78, 5) is 39.2. The van der Waals surface area contributed by atoms with Crippen LogP contribution in [-0.4, -0.2) is 40.6 Å². The maximum atomic E-state index is 14.4. The molecule has 2 aromatic rings. The molecule has 43 heavy (non-hydrogen) atoms. The summed E-state index contributed by atoms with van der Waals surface area (Å²) >= 11 is 0. The molecule has 4 rings (SSSR count). The number of hydrogen-bond donors (Lipinski definition) is 2. The predicted octanol–water partition coefficient (Wildman–Crippen LogP) is 5.39. The molecule has 13 heteroatoms. The molecule has 1 aromatic carbocycles. The highest BCUT2D eigenvalue weighted by Gasteiger charge is 2.32. The van der Waals surface area contributed by atoms with Gasteiger partial charge in [-0.1, -0.05) is 0 Å². The molecule has 0 saturated carbocycles. The molecule has 1 aromatic heterocycles. The molecule has 9 nitrogen and oxygen atoms in total. The van der Waals surface area contributed by atoms with Crippen LogP contribution in [0.2, 0.25) is 0 Å². The van der Waals surface area contributed by atoms with E-state index in [1.165, 1.54) is 20.8 Å². The summed E-state index contributed by atoms with van der Waals surface area (Å²) in [6.45, 7) is 6.08. The fraction of sp³-hybridized carbons (Fsp3) is 0.333. The summed E-state index contributed by atoms with van der Waals surface area (Å²) < 4.78 is 56.2. The monoisotopic (exact) mass is 596 g/mol. The fourth-order valence-corrected chi connectivity index (χ4v) is 4.32. The van der Waals surface area contributed by atoms with Gasteiger partial charge in [0, 0.05) is 17.3 Å². The lowest BCUT2D eigenvalue weighted by Gasteiger charge is -2.19. The molecule has 2 amide bonds. The maximum absolute atomic E-state index is 14.4. The number of halogens is 4. The quantitative estimate of drug-likeness (QED) is 0.415. The molecule has 2 atom stereocenters. The van der Waals surface area contributed by atoms with Crippen molar-refractivity contribution < 1.29 is 31.9 Å². The predicted molar refractivity (Wildman–Crippen MR) is 150 cm³/mol. The summed E-state index contributed by atoms with van der Waals surface area (Å²) in [5.74, 6) is -2.15. The first-order valence-electron chi connectivity index (χ1n) is 13.3. The number of aryl methyl sites for hydroxylation is 1. The van der Waals surface area contributed by atoms with Crippen molar-refractivity contribution in [1.29, 1.82) is 5.26 Å². The van der Waals surface area contributed by atoms with E-state index in [4.69, 9.17) is 4.99 Å². The SMILES string of the molecule is Cc1ncc(C2=NC3CCC=C(NC(=O)C(C)(C)C#N)N=C3C=C2)cc1C(=O)N[C@H](C)c1cc(OC(F)(F)F)ccc1F. The summed E-state index contributed by atoms with van der Waals surface area (Å²) in [5.41, 5.74) is 0.845. The number of nitrogens with zero attached hydrogens (tertiary/aromatic N) is 4. The molecule has 224 valence electrons. The fourth-order valence-electron chi connectivity index (χ4n) is 4.32. The highest BCUT2D eigenvalue weighted by atomic mass is 19.4. The van der Waals surface area contributed by atoms with Crippen LogP contribution in [0, 0.1) is 29.5 Å². The van der Waals surface area contributed by atoms with Crippen molar-refractivity contribution in [1.82, 2.24) is 15.6 Å². The van der Waals surface area contributed by atoms with E-state index >= 15 is 0 Å². The number of alkyl halides is 3. The lowest BCUT2D eigenvalue weighted by Crippen LogP contribution is -2.35. The average Bonchev–Trinajstić information content (AvgIpc) is 3.14. The lowest BCUT2D eigenvalue weighted by atomic mass is 9.95. The largest absolute Gasteiger partial charge is 0.573 e. The number of rotatable bonds is 7. The second-order valence-corrected chi connectivity index (χ2v) is 10.5. The van der Waals surface area contributed by atoms with Crippen LogP contribution in [-0.2, 0) is 4.79 Å². The molecular weight excluding hydrogens is 568 g/mol. The van der Waals surface area contributed by atoms with Crippen molar-refractivity contribution in [3.05, 3.63) is 82.7 Å². The zero-order chi connectivity index (χ0) is 31.5. The molecular formula is C30H28F4N6O3. The molecule has 1 unspecified atom stereocenters. The molecule has 0 aliphatic carbocycles. The van der Waals surface area contributed by atoms with Gasteiger partial charge in [0.2, 0.25) is 5.91 Å². The number of carbonyl (C=O) groups is 2. The Morgan fingerprint density at radius 2 is 1.93 bits per heavy atom. The minimum absolute atomic E-state index is 0.177. The van der Waals surface area contributed by atoms with E-state index in [-0.39, 0.29) is 17.2 Å². The van der Waals surface area contributed by atoms with Gasteiger partial charge < -0.3 is 15.4 Å². The van der Waals surface area contributed by atoms with E-state index in [1.54, 1.807) is 37.4 Å². The maximum Gasteiger partial charge on any atom is 0.573 e. The third-order valence-corrected chi connectivity index (χ3v) is 6.81. The number of nitriles is 1. The third-order valence-electron chi connectivity index (χ3n) is 6.81. The van der Waals surface area contributed by atoms with Gasteiger partial charge in [0.15, 0.2) is 0 Å². The van der Waals surface area contributed by atoms with E-state index in [0.717, 1.165) is 18.2 Å². The Labute approximate surface area is 245 Å². The van der Waals surface area contributed by atoms with Crippen LogP contribution >= 0.6 is 0 Å². The van der Waals surface area contributed by atoms with Crippen molar-refractivity contribution >= 4 is 23.2 Å². The Kier molecular flexibility index (Phi) is 8.80. The first-order chi connectivity index (χ1) is 20.2. The van der Waals surface area contributed by atoms with Crippen molar-refractivity contribution in [3.8, 4) is 11.8 Å². The number of fused-ring (bicyclic) bond motifs is 1. The molecule has 2 aliphatic heterocycles. The van der Waals surface area contributed by atoms with Gasteiger partial charge in [-0.3, -0.25) is 19.6 Å². The van der Waals surface area contributed by atoms with Crippen LogP contribution in [0.25, 0.3) is 0 Å². The number of benzene rings is 1. The van der Waals surface area contributed by atoms with Crippen molar-refractivity contribution in [2.45, 2.75) is 59.0 Å². The minimum Gasteiger partial charge on any atom is -0.406 e. The number of hydrogen-bond acceptors (Lipinski definition) is 7. The number of dihydropyridines is 1. The number of aromatic nitrogens is 1. The van der Waals surface area contributed by atoms with Gasteiger partial charge in [0.25, 0.3) is 5.91 Å². The first kappa shape index (κ1) is 31.1. The molecule has 0 radical (unpaired) electrons. The number of pyridine rings is 1. The summed E-state index contributed by atoms with van der Waals surface area (Å²) in [6, 6.07) is 4.79. The molecule has 2 N–H and O–H groups in total. The second-order valence-electron chi connectivity index (χ2n) is 10.5. The Morgan fingerprint density at radius 1 is 1.19 bits per heavy atom. The van der Waals surface area contributed by atoms with Crippen LogP contribution in [0.1, 0.15) is 66.8 Å². The molecule has 3 heterocycles. The van der Waals surface area contributed by atoms with Gasteiger partial charge in [-0.05, 0) is 83.0 Å². The van der Waals surface area contributed by atoms with E-state index in [0.29, 0.717) is 41.3 Å². The smallest absolute Gasteiger partial charge is 0.406 e. The van der Waals surface area contributed by atoms with Gasteiger partial charge in [0.05, 0.1) is 40.8 Å². The van der Waals surface area contributed by atoms with Gasteiger partial charge in [-0.15, -0.1) is 13.2 Å². The van der Waals surface area contributed by atoms with E-state index < -0.39 is 41.2 Å². The Hall–Kier alpha value is -4.86. The summed E-state index contributed by atoms with van der Waals surface area (Å²) in [5, 5.41) is 14.5. The average molecular weight is 597 g/mol. The van der Waals surface area contributed by atoms with Gasteiger partial charge in [-0.2, -0.15) is 5.26 Å². The summed E-state index contributed by atoms with van der Waals surface area (Å²) in [7, 11) is 0. The Balaban J connectivity index is 1.51. The molecule has 0 fully saturated rings. The van der Waals surface area contributed by atoms with Gasteiger partial charge in [-0.25, -0.2) is 9.38 Å². The van der Waals surface area contributed by atoms with Crippen LogP contribution in [0.4, 0.5) is 17.6 Å². The van der Waals surface area contributed by atoms with E-state index in [1.807, 2.05) is 6.07 Å². The summed E-state index contributed by atoms with van der Waals surface area (Å²) in [6.07, 6.45) is 3.00. The van der Waals surface area contributed by atoms with Gasteiger partial charge >= 0.3 is 6.36 Å². The van der Waals surface area contributed by atoms with Crippen molar-refractivity contribution in [3.63, 3.8) is 0 Å². The number of ether oxygens (including phenoxy) is 1. The highest BCUT2D eigenvalue weighted by molar-refractivity contribution is 6.17. The van der Waals surface area contributed by atoms with Crippen LogP contribution in [0.15, 0.2) is 64.5 Å². The topological polar surface area (TPSA) is 129 Å². The van der Waals surface area contributed by atoms with Crippen LogP contribution < -0.4 is 15.4 Å². The molecule has 0 spiro atoms. The van der Waals surface area contributed by atoms with E-state index in [2.05, 4.69) is 25.3 Å². The number of amides is 2. The molecule has 0 saturated heterocycles. The van der Waals surface area contributed by atoms with Crippen molar-refractivity contribution in [2.24, 2.45) is 15.4 Å². The first-order valence-corrected chi connectivity index (χ1v) is 13.3. The number of carbonyl (C=O) groups excluding carboxylic acids is 2. The standard InChI is InChI=1S/C30H28F4N6O3/c1-16-21(27(41)37-17(2)20-13-19(8-9-22(20)31)43-30(32,33)34)12-18(14-36-16)23-10-11-25-24(38-23)6-5-7-26(39-25)40-28(42)29(3,4)15-35/h7-14,17,24H,5-6H2,1-4H3,(H,37,41)(H,40,42)/t17-,24?/m1/s1. The Bertz CT molecular complexity index is 1620. The van der Waals surface area contributed by atoms with Crippen molar-refractivity contribution in [2.75, 3.05) is 0 Å². The third kappa shape index (κ3) is 7.51.